The summed E-state index contributed by atoms with van der Waals surface area (Å²) in [4.78, 5) is 41.5. The van der Waals surface area contributed by atoms with E-state index in [4.69, 9.17) is 0 Å². The van der Waals surface area contributed by atoms with Gasteiger partial charge in [-0.25, -0.2) is 8.78 Å². The number of nitrogens with zero attached hydrogens (tertiary/aromatic N) is 1. The largest absolute Gasteiger partial charge is 0.343 e. The third-order valence-electron chi connectivity index (χ3n) is 6.55. The molecule has 0 radical (unpaired) electrons. The first-order valence-electron chi connectivity index (χ1n) is 11.6. The Morgan fingerprint density at radius 1 is 0.971 bits per heavy atom. The minimum atomic E-state index is -1.12. The Labute approximate surface area is 204 Å². The summed E-state index contributed by atoms with van der Waals surface area (Å²) in [5, 5.41) is 7.98. The van der Waals surface area contributed by atoms with E-state index in [1.165, 1.54) is 11.0 Å². The number of benzene rings is 2. The summed E-state index contributed by atoms with van der Waals surface area (Å²) in [5.74, 6) is -3.71. The van der Waals surface area contributed by atoms with E-state index in [2.05, 4.69) is 16.0 Å². The van der Waals surface area contributed by atoms with Gasteiger partial charge < -0.3 is 16.0 Å². The third-order valence-corrected chi connectivity index (χ3v) is 6.55. The molecule has 0 spiro atoms. The van der Waals surface area contributed by atoms with Crippen molar-refractivity contribution in [2.45, 2.75) is 58.2 Å². The van der Waals surface area contributed by atoms with Gasteiger partial charge in [-0.3, -0.25) is 19.3 Å². The Morgan fingerprint density at radius 3 is 2.14 bits per heavy atom. The van der Waals surface area contributed by atoms with Crippen LogP contribution in [0.5, 0.6) is 0 Å². The van der Waals surface area contributed by atoms with Crippen molar-refractivity contribution in [2.75, 3.05) is 17.3 Å². The van der Waals surface area contributed by atoms with Crippen molar-refractivity contribution in [3.63, 3.8) is 0 Å². The first-order chi connectivity index (χ1) is 16.4. The van der Waals surface area contributed by atoms with Gasteiger partial charge in [0.25, 0.3) is 5.91 Å². The molecule has 0 aromatic heterocycles. The van der Waals surface area contributed by atoms with Crippen LogP contribution < -0.4 is 20.9 Å². The highest BCUT2D eigenvalue weighted by Gasteiger charge is 2.52. The zero-order valence-corrected chi connectivity index (χ0v) is 20.8. The molecular weight excluding hydrogens is 454 g/mol. The Balaban J connectivity index is 2.05. The molecule has 9 heteroatoms. The van der Waals surface area contributed by atoms with Crippen LogP contribution in [0.25, 0.3) is 0 Å². The molecule has 0 fully saturated rings. The van der Waals surface area contributed by atoms with Crippen LogP contribution in [-0.4, -0.2) is 42.9 Å². The van der Waals surface area contributed by atoms with E-state index >= 15 is 0 Å². The highest BCUT2D eigenvalue weighted by Crippen LogP contribution is 2.46. The third kappa shape index (κ3) is 4.91. The number of carbonyl (C=O) groups excluding carboxylic acids is 3. The van der Waals surface area contributed by atoms with Crippen molar-refractivity contribution in [3.8, 4) is 0 Å². The molecule has 7 nitrogen and oxygen atoms in total. The SMILES string of the molecule is CN[C@@H](C)C(=O)N[C@H](C(=O)N1c2ccccc2C(C)(C)[C@H]1C(=O)Nc1c(F)cccc1F)C(C)C. The number of anilines is 2. The smallest absolute Gasteiger partial charge is 0.250 e. The number of halogens is 2. The molecule has 0 bridgehead atoms. The highest BCUT2D eigenvalue weighted by atomic mass is 19.1. The first-order valence-corrected chi connectivity index (χ1v) is 11.6. The van der Waals surface area contributed by atoms with Crippen LogP contribution in [0.4, 0.5) is 20.2 Å². The standard InChI is InChI=1S/C26H32F2N4O3/c1-14(2)20(30-23(33)15(3)29-6)25(35)32-19-13-8-7-10-16(19)26(4,5)22(32)24(34)31-21-17(27)11-9-12-18(21)28/h7-15,20,22,29H,1-6H3,(H,30,33)(H,31,34)/t15-,20-,22+/m0/s1. The quantitative estimate of drug-likeness (QED) is 0.560. The van der Waals surface area contributed by atoms with Crippen molar-refractivity contribution in [1.82, 2.24) is 10.6 Å². The molecule has 0 aliphatic carbocycles. The number of hydrogen-bond donors (Lipinski definition) is 3. The number of rotatable bonds is 7. The van der Waals surface area contributed by atoms with Crippen molar-refractivity contribution in [3.05, 3.63) is 59.7 Å². The fourth-order valence-corrected chi connectivity index (χ4v) is 4.41. The van der Waals surface area contributed by atoms with Gasteiger partial charge in [0, 0.05) is 11.1 Å². The highest BCUT2D eigenvalue weighted by molar-refractivity contribution is 6.11. The lowest BCUT2D eigenvalue weighted by molar-refractivity contribution is -0.130. The minimum absolute atomic E-state index is 0.292. The van der Waals surface area contributed by atoms with E-state index in [1.54, 1.807) is 59.9 Å². The predicted molar refractivity (Wildman–Crippen MR) is 131 cm³/mol. The van der Waals surface area contributed by atoms with Crippen LogP contribution in [0.3, 0.4) is 0 Å². The summed E-state index contributed by atoms with van der Waals surface area (Å²) in [6.07, 6.45) is 0. The topological polar surface area (TPSA) is 90.5 Å². The van der Waals surface area contributed by atoms with Crippen molar-refractivity contribution < 1.29 is 23.2 Å². The number of hydrogen-bond acceptors (Lipinski definition) is 4. The Morgan fingerprint density at radius 2 is 1.57 bits per heavy atom. The van der Waals surface area contributed by atoms with Crippen molar-refractivity contribution >= 4 is 29.1 Å². The predicted octanol–water partition coefficient (Wildman–Crippen LogP) is 3.35. The second-order valence-electron chi connectivity index (χ2n) is 9.68. The molecule has 188 valence electrons. The van der Waals surface area contributed by atoms with E-state index < -0.39 is 52.7 Å². The van der Waals surface area contributed by atoms with Crippen molar-refractivity contribution in [1.29, 1.82) is 0 Å². The van der Waals surface area contributed by atoms with Gasteiger partial charge in [0.1, 0.15) is 29.4 Å². The van der Waals surface area contributed by atoms with Gasteiger partial charge in [-0.05, 0) is 43.7 Å². The summed E-state index contributed by atoms with van der Waals surface area (Å²) in [6.45, 7) is 8.86. The van der Waals surface area contributed by atoms with Crippen molar-refractivity contribution in [2.24, 2.45) is 5.92 Å². The molecule has 1 aliphatic rings. The maximum absolute atomic E-state index is 14.3. The van der Waals surface area contributed by atoms with E-state index in [0.29, 0.717) is 5.69 Å². The number of para-hydroxylation sites is 2. The first kappa shape index (κ1) is 26.3. The van der Waals surface area contributed by atoms with Crippen LogP contribution in [-0.2, 0) is 19.8 Å². The molecule has 35 heavy (non-hydrogen) atoms. The minimum Gasteiger partial charge on any atom is -0.343 e. The molecule has 3 atom stereocenters. The summed E-state index contributed by atoms with van der Waals surface area (Å²) in [5.41, 5.74) is -0.214. The second-order valence-corrected chi connectivity index (χ2v) is 9.68. The zero-order chi connectivity index (χ0) is 26.1. The van der Waals surface area contributed by atoms with Crippen LogP contribution in [0.2, 0.25) is 0 Å². The monoisotopic (exact) mass is 486 g/mol. The normalized spacial score (nSPS) is 18.1. The number of likely N-dealkylation sites (N-methyl/N-ethyl adjacent to an activating group) is 1. The van der Waals surface area contributed by atoms with Gasteiger partial charge in [-0.15, -0.1) is 0 Å². The fourth-order valence-electron chi connectivity index (χ4n) is 4.41. The maximum atomic E-state index is 14.3. The Hall–Kier alpha value is -3.33. The summed E-state index contributed by atoms with van der Waals surface area (Å²) < 4.78 is 28.6. The lowest BCUT2D eigenvalue weighted by Gasteiger charge is -2.35. The number of amides is 3. The zero-order valence-electron chi connectivity index (χ0n) is 20.8. The van der Waals surface area contributed by atoms with Crippen LogP contribution >= 0.6 is 0 Å². The number of carbonyl (C=O) groups is 3. The Bertz CT molecular complexity index is 1120. The van der Waals surface area contributed by atoms with Gasteiger partial charge >= 0.3 is 0 Å². The molecule has 3 amide bonds. The van der Waals surface area contributed by atoms with E-state index in [1.807, 2.05) is 6.07 Å². The van der Waals surface area contributed by atoms with E-state index in [-0.39, 0.29) is 11.8 Å². The summed E-state index contributed by atoms with van der Waals surface area (Å²) in [6, 6.07) is 7.80. The molecule has 3 rings (SSSR count). The van der Waals surface area contributed by atoms with Crippen LogP contribution in [0.15, 0.2) is 42.5 Å². The van der Waals surface area contributed by atoms with Gasteiger partial charge in [-0.1, -0.05) is 52.0 Å². The summed E-state index contributed by atoms with van der Waals surface area (Å²) in [7, 11) is 1.64. The molecule has 2 aromatic carbocycles. The molecule has 1 aliphatic heterocycles. The van der Waals surface area contributed by atoms with Gasteiger partial charge in [0.15, 0.2) is 0 Å². The van der Waals surface area contributed by atoms with Crippen LogP contribution in [0.1, 0.15) is 40.2 Å². The lowest BCUT2D eigenvalue weighted by Crippen LogP contribution is -2.59. The fraction of sp³-hybridized carbons (Fsp3) is 0.423. The van der Waals surface area contributed by atoms with Gasteiger partial charge in [-0.2, -0.15) is 0 Å². The second kappa shape index (κ2) is 10.1. The average Bonchev–Trinajstić information content (AvgIpc) is 3.05. The molecular formula is C26H32F2N4O3. The summed E-state index contributed by atoms with van der Waals surface area (Å²) >= 11 is 0. The van der Waals surface area contributed by atoms with E-state index in [0.717, 1.165) is 17.7 Å². The molecule has 0 saturated carbocycles. The molecule has 2 aromatic rings. The molecule has 3 N–H and O–H groups in total. The molecule has 0 saturated heterocycles. The average molecular weight is 487 g/mol. The number of nitrogens with one attached hydrogen (secondary N) is 3. The van der Waals surface area contributed by atoms with Gasteiger partial charge in [0.2, 0.25) is 11.8 Å². The Kier molecular flexibility index (Phi) is 7.59. The van der Waals surface area contributed by atoms with Crippen LogP contribution in [0, 0.1) is 17.6 Å². The molecule has 0 unspecified atom stereocenters. The van der Waals surface area contributed by atoms with E-state index in [9.17, 15) is 23.2 Å². The number of fused-ring (bicyclic) bond motifs is 1. The lowest BCUT2D eigenvalue weighted by atomic mass is 9.80. The van der Waals surface area contributed by atoms with Gasteiger partial charge in [0.05, 0.1) is 6.04 Å². The molecule has 1 heterocycles. The maximum Gasteiger partial charge on any atom is 0.250 e.